The Labute approximate surface area is 174 Å². The number of rotatable bonds is 4. The van der Waals surface area contributed by atoms with Crippen LogP contribution in [0.3, 0.4) is 0 Å². The largest absolute Gasteiger partial charge is 0.443 e. The number of nitrogens with one attached hydrogen (secondary N) is 1. The highest BCUT2D eigenvalue weighted by atomic mass is 16.3. The smallest absolute Gasteiger partial charge is 0.181 e. The summed E-state index contributed by atoms with van der Waals surface area (Å²) in [5.74, 6) is 0.732. The summed E-state index contributed by atoms with van der Waals surface area (Å²) in [6, 6.07) is 13.8. The van der Waals surface area contributed by atoms with Crippen molar-refractivity contribution in [3.63, 3.8) is 0 Å². The predicted octanol–water partition coefficient (Wildman–Crippen LogP) is 3.32. The number of nitriles is 1. The van der Waals surface area contributed by atoms with Crippen LogP contribution < -0.4 is 5.32 Å². The lowest BCUT2D eigenvalue weighted by Crippen LogP contribution is -2.28. The number of nitrogens with zero attached hydrogens (tertiary/aromatic N) is 5. The molecule has 0 spiro atoms. The van der Waals surface area contributed by atoms with Crippen molar-refractivity contribution >= 4 is 5.65 Å². The van der Waals surface area contributed by atoms with E-state index in [0.717, 1.165) is 73.1 Å². The van der Waals surface area contributed by atoms with Crippen molar-refractivity contribution in [2.24, 2.45) is 0 Å². The monoisotopic (exact) mass is 398 g/mol. The molecule has 1 saturated heterocycles. The van der Waals surface area contributed by atoms with E-state index >= 15 is 0 Å². The van der Waals surface area contributed by atoms with E-state index in [1.54, 1.807) is 6.20 Å². The summed E-state index contributed by atoms with van der Waals surface area (Å²) in [7, 11) is 0. The lowest BCUT2D eigenvalue weighted by atomic mass is 10.1. The Kier molecular flexibility index (Phi) is 5.01. The molecule has 3 aromatic heterocycles. The fourth-order valence-corrected chi connectivity index (χ4v) is 3.95. The van der Waals surface area contributed by atoms with Crippen LogP contribution in [0.15, 0.2) is 59.6 Å². The maximum atomic E-state index is 9.14. The van der Waals surface area contributed by atoms with E-state index in [4.69, 9.17) is 14.7 Å². The lowest BCUT2D eigenvalue weighted by Gasteiger charge is -2.20. The topological polar surface area (TPSA) is 82.4 Å². The van der Waals surface area contributed by atoms with Crippen LogP contribution in [-0.2, 0) is 6.54 Å². The fraction of sp³-hybridized carbons (Fsp3) is 0.261. The Balaban J connectivity index is 1.62. The molecule has 0 atom stereocenters. The first-order valence-corrected chi connectivity index (χ1v) is 10.2. The van der Waals surface area contributed by atoms with Gasteiger partial charge in [-0.1, -0.05) is 12.1 Å². The average molecular weight is 398 g/mol. The zero-order chi connectivity index (χ0) is 20.3. The van der Waals surface area contributed by atoms with Crippen LogP contribution in [0.4, 0.5) is 0 Å². The second-order valence-corrected chi connectivity index (χ2v) is 7.49. The summed E-state index contributed by atoms with van der Waals surface area (Å²) >= 11 is 0. The molecule has 30 heavy (non-hydrogen) atoms. The van der Waals surface area contributed by atoms with Gasteiger partial charge in [-0.2, -0.15) is 5.26 Å². The molecule has 7 heteroatoms. The minimum atomic E-state index is 0.648. The second-order valence-electron chi connectivity index (χ2n) is 7.49. The molecule has 150 valence electrons. The van der Waals surface area contributed by atoms with Gasteiger partial charge in [0.2, 0.25) is 0 Å². The summed E-state index contributed by atoms with van der Waals surface area (Å²) in [5, 5.41) is 12.6. The maximum absolute atomic E-state index is 9.14. The SMILES string of the molecule is N#Cc1ccc(-c2nc3ccc(-c4cnco4)cn3c2CN2CCCNCC2)cc1. The third-order valence-electron chi connectivity index (χ3n) is 5.53. The van der Waals surface area contributed by atoms with Gasteiger partial charge in [0.15, 0.2) is 12.2 Å². The zero-order valence-electron chi connectivity index (χ0n) is 16.6. The first-order chi connectivity index (χ1) is 14.8. The number of hydrogen-bond acceptors (Lipinski definition) is 6. The van der Waals surface area contributed by atoms with Gasteiger partial charge < -0.3 is 14.1 Å². The van der Waals surface area contributed by atoms with Crippen molar-refractivity contribution in [1.29, 1.82) is 5.26 Å². The average Bonchev–Trinajstić information content (AvgIpc) is 3.36. The van der Waals surface area contributed by atoms with E-state index in [1.165, 1.54) is 6.39 Å². The van der Waals surface area contributed by atoms with Crippen molar-refractivity contribution in [1.82, 2.24) is 24.6 Å². The fourth-order valence-electron chi connectivity index (χ4n) is 3.95. The Morgan fingerprint density at radius 3 is 2.73 bits per heavy atom. The van der Waals surface area contributed by atoms with Crippen LogP contribution in [-0.4, -0.2) is 45.4 Å². The second kappa shape index (κ2) is 8.11. The van der Waals surface area contributed by atoms with Crippen molar-refractivity contribution in [3.05, 3.63) is 66.4 Å². The first-order valence-electron chi connectivity index (χ1n) is 10.2. The highest BCUT2D eigenvalue weighted by Gasteiger charge is 2.19. The number of benzene rings is 1. The summed E-state index contributed by atoms with van der Waals surface area (Å²) in [6.45, 7) is 4.91. The van der Waals surface area contributed by atoms with Crippen LogP contribution >= 0.6 is 0 Å². The lowest BCUT2D eigenvalue weighted by molar-refractivity contribution is 0.281. The summed E-state index contributed by atoms with van der Waals surface area (Å²) in [6.07, 6.45) is 6.37. The number of imidazole rings is 1. The van der Waals surface area contributed by atoms with Crippen LogP contribution in [0, 0.1) is 11.3 Å². The predicted molar refractivity (Wildman–Crippen MR) is 114 cm³/mol. The van der Waals surface area contributed by atoms with Gasteiger partial charge in [-0.25, -0.2) is 9.97 Å². The van der Waals surface area contributed by atoms with E-state index in [1.807, 2.05) is 36.4 Å². The minimum absolute atomic E-state index is 0.648. The summed E-state index contributed by atoms with van der Waals surface area (Å²) in [5.41, 5.74) is 5.60. The van der Waals surface area contributed by atoms with E-state index < -0.39 is 0 Å². The molecule has 0 radical (unpaired) electrons. The van der Waals surface area contributed by atoms with Gasteiger partial charge in [-0.05, 0) is 43.8 Å². The molecule has 0 bridgehead atoms. The van der Waals surface area contributed by atoms with Crippen molar-refractivity contribution in [2.75, 3.05) is 26.2 Å². The highest BCUT2D eigenvalue weighted by Crippen LogP contribution is 2.28. The quantitative estimate of drug-likeness (QED) is 0.568. The van der Waals surface area contributed by atoms with Gasteiger partial charge >= 0.3 is 0 Å². The van der Waals surface area contributed by atoms with Gasteiger partial charge in [0.1, 0.15) is 5.65 Å². The first kappa shape index (κ1) is 18.6. The van der Waals surface area contributed by atoms with Gasteiger partial charge in [0.05, 0.1) is 29.2 Å². The third kappa shape index (κ3) is 3.59. The van der Waals surface area contributed by atoms with Crippen LogP contribution in [0.2, 0.25) is 0 Å². The molecule has 0 unspecified atom stereocenters. The summed E-state index contributed by atoms with van der Waals surface area (Å²) < 4.78 is 7.65. The molecule has 1 fully saturated rings. The molecular weight excluding hydrogens is 376 g/mol. The molecule has 1 aliphatic rings. The molecule has 0 amide bonds. The van der Waals surface area contributed by atoms with E-state index in [2.05, 4.69) is 31.9 Å². The van der Waals surface area contributed by atoms with E-state index in [9.17, 15) is 0 Å². The molecule has 1 N–H and O–H groups in total. The standard InChI is InChI=1S/C23H22N6O/c24-12-17-2-4-18(5-3-17)23-20(15-28-10-1-8-25-9-11-28)29-14-19(6-7-22(29)27-23)21-13-26-16-30-21/h2-7,13-14,16,25H,1,8-11,15H2. The van der Waals surface area contributed by atoms with Gasteiger partial charge in [-0.3, -0.25) is 4.90 Å². The number of aromatic nitrogens is 3. The van der Waals surface area contributed by atoms with E-state index in [-0.39, 0.29) is 0 Å². The Morgan fingerprint density at radius 1 is 1.07 bits per heavy atom. The molecule has 0 aliphatic carbocycles. The molecule has 0 saturated carbocycles. The Hall–Kier alpha value is -3.47. The maximum Gasteiger partial charge on any atom is 0.181 e. The molecule has 4 heterocycles. The van der Waals surface area contributed by atoms with Crippen molar-refractivity contribution < 1.29 is 4.42 Å². The molecule has 1 aliphatic heterocycles. The van der Waals surface area contributed by atoms with Crippen LogP contribution in [0.5, 0.6) is 0 Å². The summed E-state index contributed by atoms with van der Waals surface area (Å²) in [4.78, 5) is 11.5. The number of pyridine rings is 1. The normalized spacial score (nSPS) is 15.2. The van der Waals surface area contributed by atoms with Gasteiger partial charge in [0.25, 0.3) is 0 Å². The number of oxazole rings is 1. The van der Waals surface area contributed by atoms with Gasteiger partial charge in [0, 0.05) is 37.0 Å². The van der Waals surface area contributed by atoms with Crippen molar-refractivity contribution in [3.8, 4) is 28.7 Å². The van der Waals surface area contributed by atoms with Gasteiger partial charge in [-0.15, -0.1) is 0 Å². The van der Waals surface area contributed by atoms with Crippen LogP contribution in [0.25, 0.3) is 28.2 Å². The Bertz CT molecular complexity index is 1180. The third-order valence-corrected chi connectivity index (χ3v) is 5.53. The van der Waals surface area contributed by atoms with Crippen LogP contribution in [0.1, 0.15) is 17.7 Å². The number of hydrogen-bond donors (Lipinski definition) is 1. The Morgan fingerprint density at radius 2 is 1.93 bits per heavy atom. The minimum Gasteiger partial charge on any atom is -0.443 e. The molecule has 5 rings (SSSR count). The highest BCUT2D eigenvalue weighted by molar-refractivity contribution is 5.69. The molecule has 1 aromatic carbocycles. The molecular formula is C23H22N6O. The zero-order valence-corrected chi connectivity index (χ0v) is 16.6. The van der Waals surface area contributed by atoms with Crippen molar-refractivity contribution in [2.45, 2.75) is 13.0 Å². The molecule has 4 aromatic rings. The molecule has 7 nitrogen and oxygen atoms in total. The van der Waals surface area contributed by atoms with E-state index in [0.29, 0.717) is 5.56 Å². The number of fused-ring (bicyclic) bond motifs is 1.